The van der Waals surface area contributed by atoms with Crippen LogP contribution in [0.25, 0.3) is 11.1 Å². The highest BCUT2D eigenvalue weighted by Gasteiger charge is 2.05. The summed E-state index contributed by atoms with van der Waals surface area (Å²) < 4.78 is 26.5. The highest BCUT2D eigenvalue weighted by Crippen LogP contribution is 2.29. The summed E-state index contributed by atoms with van der Waals surface area (Å²) in [6, 6.07) is 5.77. The molecule has 1 aromatic carbocycles. The molecule has 0 saturated carbocycles. The van der Waals surface area contributed by atoms with Gasteiger partial charge in [0.25, 0.3) is 0 Å². The van der Waals surface area contributed by atoms with Gasteiger partial charge in [0, 0.05) is 0 Å². The summed E-state index contributed by atoms with van der Waals surface area (Å²) >= 11 is 4.82. The van der Waals surface area contributed by atoms with Crippen LogP contribution in [0, 0.1) is 11.6 Å². The largest absolute Gasteiger partial charge is 0.204 e. The zero-order valence-corrected chi connectivity index (χ0v) is 9.33. The van der Waals surface area contributed by atoms with Crippen LogP contribution in [0.3, 0.4) is 0 Å². The molecule has 14 heavy (non-hydrogen) atoms. The number of thiophene rings is 1. The van der Waals surface area contributed by atoms with Gasteiger partial charge in [0.15, 0.2) is 11.6 Å². The summed E-state index contributed by atoms with van der Waals surface area (Å²) in [5, 5.41) is 1.89. The van der Waals surface area contributed by atoms with E-state index in [9.17, 15) is 8.78 Å². The van der Waals surface area contributed by atoms with E-state index < -0.39 is 11.6 Å². The van der Waals surface area contributed by atoms with Gasteiger partial charge in [-0.2, -0.15) is 0 Å². The fourth-order valence-corrected chi connectivity index (χ4v) is 2.30. The van der Waals surface area contributed by atoms with Crippen LogP contribution in [-0.2, 0) is 0 Å². The smallest absolute Gasteiger partial charge is 0.159 e. The lowest BCUT2D eigenvalue weighted by atomic mass is 10.1. The van der Waals surface area contributed by atoms with Crippen molar-refractivity contribution < 1.29 is 8.78 Å². The Balaban J connectivity index is 2.47. The normalized spacial score (nSPS) is 10.5. The molecule has 2 aromatic rings. The Hall–Kier alpha value is -0.740. The van der Waals surface area contributed by atoms with Gasteiger partial charge in [0.2, 0.25) is 0 Å². The van der Waals surface area contributed by atoms with Crippen molar-refractivity contribution in [3.63, 3.8) is 0 Å². The SMILES string of the molecule is Fc1ccc(-c2csc(Br)c2)cc1F. The molecule has 0 atom stereocenters. The van der Waals surface area contributed by atoms with E-state index in [4.69, 9.17) is 0 Å². The monoisotopic (exact) mass is 274 g/mol. The molecule has 4 heteroatoms. The molecule has 0 nitrogen and oxygen atoms in total. The molecule has 0 bridgehead atoms. The quantitative estimate of drug-likeness (QED) is 0.721. The van der Waals surface area contributed by atoms with E-state index >= 15 is 0 Å². The van der Waals surface area contributed by atoms with Crippen molar-refractivity contribution >= 4 is 27.3 Å². The molecule has 0 radical (unpaired) electrons. The molecule has 0 unspecified atom stereocenters. The van der Waals surface area contributed by atoms with Crippen LogP contribution in [0.2, 0.25) is 0 Å². The number of hydrogen-bond donors (Lipinski definition) is 0. The second-order valence-electron chi connectivity index (χ2n) is 2.77. The molecule has 72 valence electrons. The number of halogens is 3. The van der Waals surface area contributed by atoms with Gasteiger partial charge in [-0.1, -0.05) is 6.07 Å². The van der Waals surface area contributed by atoms with E-state index in [-0.39, 0.29) is 0 Å². The molecule has 0 aliphatic heterocycles. The fourth-order valence-electron chi connectivity index (χ4n) is 1.14. The molecule has 0 saturated heterocycles. The Morgan fingerprint density at radius 3 is 2.36 bits per heavy atom. The molecule has 0 aliphatic carbocycles. The molecule has 0 fully saturated rings. The lowest BCUT2D eigenvalue weighted by Gasteiger charge is -1.98. The molecule has 1 heterocycles. The van der Waals surface area contributed by atoms with Gasteiger partial charge in [0.1, 0.15) is 0 Å². The van der Waals surface area contributed by atoms with Crippen molar-refractivity contribution in [3.8, 4) is 11.1 Å². The van der Waals surface area contributed by atoms with Crippen molar-refractivity contribution in [2.45, 2.75) is 0 Å². The van der Waals surface area contributed by atoms with Gasteiger partial charge in [-0.25, -0.2) is 8.78 Å². The van der Waals surface area contributed by atoms with E-state index in [2.05, 4.69) is 15.9 Å². The predicted octanol–water partition coefficient (Wildman–Crippen LogP) is 4.46. The van der Waals surface area contributed by atoms with Crippen molar-refractivity contribution in [2.24, 2.45) is 0 Å². The summed E-state index contributed by atoms with van der Waals surface area (Å²) in [6.45, 7) is 0. The van der Waals surface area contributed by atoms with E-state index in [0.717, 1.165) is 15.4 Å². The molecule has 0 spiro atoms. The van der Waals surface area contributed by atoms with Gasteiger partial charge in [-0.3, -0.25) is 0 Å². The molecular weight excluding hydrogens is 270 g/mol. The third kappa shape index (κ3) is 1.86. The van der Waals surface area contributed by atoms with Crippen LogP contribution in [0.4, 0.5) is 8.78 Å². The fraction of sp³-hybridized carbons (Fsp3) is 0. The topological polar surface area (TPSA) is 0 Å². The van der Waals surface area contributed by atoms with Crippen LogP contribution >= 0.6 is 27.3 Å². The molecule has 2 rings (SSSR count). The molecule has 0 N–H and O–H groups in total. The summed E-state index contributed by atoms with van der Waals surface area (Å²) in [6.07, 6.45) is 0. The minimum absolute atomic E-state index is 0.686. The van der Waals surface area contributed by atoms with Crippen molar-refractivity contribution in [1.82, 2.24) is 0 Å². The van der Waals surface area contributed by atoms with Crippen molar-refractivity contribution in [2.75, 3.05) is 0 Å². The highest BCUT2D eigenvalue weighted by atomic mass is 79.9. The first kappa shape index (κ1) is 9.80. The van der Waals surface area contributed by atoms with Crippen molar-refractivity contribution in [1.29, 1.82) is 0 Å². The highest BCUT2D eigenvalue weighted by molar-refractivity contribution is 9.11. The van der Waals surface area contributed by atoms with Gasteiger partial charge in [-0.15, -0.1) is 11.3 Å². The third-order valence-electron chi connectivity index (χ3n) is 1.82. The lowest BCUT2D eigenvalue weighted by molar-refractivity contribution is 0.509. The van der Waals surface area contributed by atoms with Crippen LogP contribution in [0.1, 0.15) is 0 Å². The van der Waals surface area contributed by atoms with Crippen LogP contribution < -0.4 is 0 Å². The first-order chi connectivity index (χ1) is 6.66. The Kier molecular flexibility index (Phi) is 2.65. The molecule has 0 aliphatic rings. The molecule has 1 aromatic heterocycles. The van der Waals surface area contributed by atoms with Crippen LogP contribution in [0.5, 0.6) is 0 Å². The minimum atomic E-state index is -0.817. The Morgan fingerprint density at radius 2 is 1.79 bits per heavy atom. The number of benzene rings is 1. The Bertz CT molecular complexity index is 465. The lowest BCUT2D eigenvalue weighted by Crippen LogP contribution is -1.83. The van der Waals surface area contributed by atoms with Crippen molar-refractivity contribution in [3.05, 3.63) is 45.1 Å². The summed E-state index contributed by atoms with van der Waals surface area (Å²) in [7, 11) is 0. The first-order valence-electron chi connectivity index (χ1n) is 3.86. The standard InChI is InChI=1S/C10H5BrF2S/c11-10-4-7(5-14-10)6-1-2-8(12)9(13)3-6/h1-5H. The summed E-state index contributed by atoms with van der Waals surface area (Å²) in [4.78, 5) is 0. The Labute approximate surface area is 92.3 Å². The van der Waals surface area contributed by atoms with E-state index in [1.807, 2.05) is 11.4 Å². The zero-order valence-electron chi connectivity index (χ0n) is 6.93. The summed E-state index contributed by atoms with van der Waals surface area (Å²) in [5.74, 6) is -1.63. The molecular formula is C10H5BrF2S. The maximum atomic E-state index is 12.9. The van der Waals surface area contributed by atoms with Crippen LogP contribution in [-0.4, -0.2) is 0 Å². The minimum Gasteiger partial charge on any atom is -0.204 e. The number of rotatable bonds is 1. The van der Waals surface area contributed by atoms with Gasteiger partial charge in [-0.05, 0) is 50.6 Å². The van der Waals surface area contributed by atoms with Crippen LogP contribution in [0.15, 0.2) is 33.4 Å². The maximum Gasteiger partial charge on any atom is 0.159 e. The Morgan fingerprint density at radius 1 is 1.00 bits per heavy atom. The summed E-state index contributed by atoms with van der Waals surface area (Å²) in [5.41, 5.74) is 1.58. The predicted molar refractivity (Wildman–Crippen MR) is 57.4 cm³/mol. The maximum absolute atomic E-state index is 12.9. The average molecular weight is 275 g/mol. The van der Waals surface area contributed by atoms with E-state index in [1.165, 1.54) is 17.4 Å². The van der Waals surface area contributed by atoms with Gasteiger partial charge < -0.3 is 0 Å². The molecule has 0 amide bonds. The van der Waals surface area contributed by atoms with Gasteiger partial charge in [0.05, 0.1) is 3.79 Å². The van der Waals surface area contributed by atoms with E-state index in [0.29, 0.717) is 5.56 Å². The van der Waals surface area contributed by atoms with E-state index in [1.54, 1.807) is 6.07 Å². The van der Waals surface area contributed by atoms with Gasteiger partial charge >= 0.3 is 0 Å². The third-order valence-corrected chi connectivity index (χ3v) is 3.32. The first-order valence-corrected chi connectivity index (χ1v) is 5.53. The average Bonchev–Trinajstić information content (AvgIpc) is 2.57. The second kappa shape index (κ2) is 3.79. The second-order valence-corrected chi connectivity index (χ2v) is 5.06. The number of hydrogen-bond acceptors (Lipinski definition) is 1. The zero-order chi connectivity index (χ0) is 10.1.